The number of ether oxygens (including phenoxy) is 2. The molecule has 0 saturated carbocycles. The largest absolute Gasteiger partial charge is 0.497 e. The zero-order valence-electron chi connectivity index (χ0n) is 21.3. The third kappa shape index (κ3) is 4.65. The molecule has 2 aromatic heterocycles. The van der Waals surface area contributed by atoms with Crippen LogP contribution >= 0.6 is 0 Å². The van der Waals surface area contributed by atoms with Crippen molar-refractivity contribution in [1.29, 1.82) is 0 Å². The lowest BCUT2D eigenvalue weighted by Gasteiger charge is -2.29. The highest BCUT2D eigenvalue weighted by Crippen LogP contribution is 2.40. The lowest BCUT2D eigenvalue weighted by Crippen LogP contribution is -2.28. The maximum Gasteiger partial charge on any atom is 0.255 e. The van der Waals surface area contributed by atoms with Gasteiger partial charge in [-0.15, -0.1) is 0 Å². The molecule has 8 nitrogen and oxygen atoms in total. The molecule has 188 valence electrons. The SMILES string of the molecule is COc1ccc(CN(C)C(=O)c2ccc(-n3nc(C4CCCO4)c4c3CC(C)(C)CC4=O)nc2)cc1. The number of carbonyl (C=O) groups excluding carboxylic acids is 2. The van der Waals surface area contributed by atoms with Crippen LogP contribution < -0.4 is 4.74 Å². The quantitative estimate of drug-likeness (QED) is 0.506. The van der Waals surface area contributed by atoms with Gasteiger partial charge in [-0.2, -0.15) is 5.10 Å². The van der Waals surface area contributed by atoms with Crippen molar-refractivity contribution >= 4 is 11.7 Å². The predicted molar refractivity (Wildman–Crippen MR) is 135 cm³/mol. The van der Waals surface area contributed by atoms with E-state index in [2.05, 4.69) is 18.8 Å². The number of benzene rings is 1. The molecule has 5 rings (SSSR count). The summed E-state index contributed by atoms with van der Waals surface area (Å²) >= 11 is 0. The van der Waals surface area contributed by atoms with E-state index in [1.54, 1.807) is 42.1 Å². The van der Waals surface area contributed by atoms with Gasteiger partial charge in [0.1, 0.15) is 17.5 Å². The number of Topliss-reactive ketones (excluding diaryl/α,β-unsaturated/α-hetero) is 1. The summed E-state index contributed by atoms with van der Waals surface area (Å²) in [5, 5.41) is 4.84. The van der Waals surface area contributed by atoms with Crippen molar-refractivity contribution in [3.8, 4) is 11.6 Å². The molecule has 3 aromatic rings. The van der Waals surface area contributed by atoms with Crippen molar-refractivity contribution in [3.05, 3.63) is 70.7 Å². The smallest absolute Gasteiger partial charge is 0.255 e. The van der Waals surface area contributed by atoms with E-state index in [4.69, 9.17) is 14.6 Å². The van der Waals surface area contributed by atoms with Crippen molar-refractivity contribution in [1.82, 2.24) is 19.7 Å². The Kier molecular flexibility index (Phi) is 6.38. The number of ketones is 1. The van der Waals surface area contributed by atoms with Crippen LogP contribution in [0.15, 0.2) is 42.6 Å². The van der Waals surface area contributed by atoms with Crippen LogP contribution in [-0.2, 0) is 17.7 Å². The van der Waals surface area contributed by atoms with Crippen LogP contribution in [0.3, 0.4) is 0 Å². The third-order valence-electron chi connectivity index (χ3n) is 6.94. The summed E-state index contributed by atoms with van der Waals surface area (Å²) < 4.78 is 12.9. The van der Waals surface area contributed by atoms with Gasteiger partial charge in [-0.3, -0.25) is 9.59 Å². The van der Waals surface area contributed by atoms with Gasteiger partial charge in [0, 0.05) is 32.8 Å². The third-order valence-corrected chi connectivity index (χ3v) is 6.94. The second-order valence-corrected chi connectivity index (χ2v) is 10.5. The van der Waals surface area contributed by atoms with Crippen molar-refractivity contribution in [3.63, 3.8) is 0 Å². The van der Waals surface area contributed by atoms with E-state index >= 15 is 0 Å². The van der Waals surface area contributed by atoms with Crippen molar-refractivity contribution in [2.24, 2.45) is 5.41 Å². The number of carbonyl (C=O) groups is 2. The monoisotopic (exact) mass is 488 g/mol. The maximum absolute atomic E-state index is 13.1. The first-order valence-electron chi connectivity index (χ1n) is 12.4. The minimum Gasteiger partial charge on any atom is -0.497 e. The molecule has 1 aliphatic heterocycles. The van der Waals surface area contributed by atoms with Gasteiger partial charge in [-0.25, -0.2) is 9.67 Å². The Balaban J connectivity index is 1.40. The summed E-state index contributed by atoms with van der Waals surface area (Å²) in [5.74, 6) is 1.37. The lowest BCUT2D eigenvalue weighted by molar-refractivity contribution is 0.0784. The van der Waals surface area contributed by atoms with E-state index in [1.165, 1.54) is 0 Å². The van der Waals surface area contributed by atoms with Gasteiger partial charge >= 0.3 is 0 Å². The predicted octanol–water partition coefficient (Wildman–Crippen LogP) is 4.55. The summed E-state index contributed by atoms with van der Waals surface area (Å²) in [6.07, 6.45) is 4.47. The highest BCUT2D eigenvalue weighted by Gasteiger charge is 2.39. The second kappa shape index (κ2) is 9.50. The van der Waals surface area contributed by atoms with Crippen LogP contribution in [0.5, 0.6) is 5.75 Å². The fraction of sp³-hybridized carbons (Fsp3) is 0.429. The van der Waals surface area contributed by atoms with Crippen LogP contribution in [0, 0.1) is 5.41 Å². The highest BCUT2D eigenvalue weighted by atomic mass is 16.5. The zero-order chi connectivity index (χ0) is 25.4. The molecule has 1 atom stereocenters. The van der Waals surface area contributed by atoms with E-state index in [0.29, 0.717) is 36.5 Å². The van der Waals surface area contributed by atoms with Crippen LogP contribution in [0.2, 0.25) is 0 Å². The minimum absolute atomic E-state index is 0.116. The number of amides is 1. The first kappa shape index (κ1) is 24.2. The Morgan fingerprint density at radius 2 is 1.97 bits per heavy atom. The van der Waals surface area contributed by atoms with Gasteiger partial charge in [-0.05, 0) is 54.5 Å². The summed E-state index contributed by atoms with van der Waals surface area (Å²) in [4.78, 5) is 32.4. The average molecular weight is 489 g/mol. The van der Waals surface area contributed by atoms with E-state index in [9.17, 15) is 9.59 Å². The first-order chi connectivity index (χ1) is 17.3. The molecule has 1 saturated heterocycles. The molecule has 0 radical (unpaired) electrons. The number of rotatable bonds is 6. The molecule has 2 aliphatic rings. The average Bonchev–Trinajstić information content (AvgIpc) is 3.52. The molecule has 1 unspecified atom stereocenters. The van der Waals surface area contributed by atoms with Crippen LogP contribution in [0.4, 0.5) is 0 Å². The van der Waals surface area contributed by atoms with E-state index in [0.717, 1.165) is 42.0 Å². The Morgan fingerprint density at radius 3 is 2.61 bits per heavy atom. The summed E-state index contributed by atoms with van der Waals surface area (Å²) in [5.41, 5.74) is 3.65. The standard InChI is InChI=1S/C28H32N4O4/c1-28(2)14-21-25(22(33)15-28)26(23-6-5-13-36-23)30-32(21)24-12-9-19(16-29-24)27(34)31(3)17-18-7-10-20(35-4)11-8-18/h7-12,16,23H,5-6,13-15,17H2,1-4H3. The molecule has 1 fully saturated rings. The summed E-state index contributed by atoms with van der Waals surface area (Å²) in [6.45, 7) is 5.36. The fourth-order valence-electron chi connectivity index (χ4n) is 5.12. The van der Waals surface area contributed by atoms with Crippen LogP contribution in [-0.4, -0.2) is 52.1 Å². The molecule has 1 aromatic carbocycles. The summed E-state index contributed by atoms with van der Waals surface area (Å²) in [7, 11) is 3.40. The van der Waals surface area contributed by atoms with Gasteiger partial charge in [0.2, 0.25) is 0 Å². The van der Waals surface area contributed by atoms with Gasteiger partial charge < -0.3 is 14.4 Å². The molecule has 3 heterocycles. The maximum atomic E-state index is 13.1. The number of nitrogens with zero attached hydrogens (tertiary/aromatic N) is 4. The van der Waals surface area contributed by atoms with Crippen molar-refractivity contribution < 1.29 is 19.1 Å². The number of aromatic nitrogens is 3. The number of methoxy groups -OCH3 is 1. The summed E-state index contributed by atoms with van der Waals surface area (Å²) in [6, 6.07) is 11.2. The van der Waals surface area contributed by atoms with Crippen molar-refractivity contribution in [2.45, 2.75) is 52.2 Å². The normalized spacial score (nSPS) is 18.7. The molecular weight excluding hydrogens is 456 g/mol. The Hall–Kier alpha value is -3.52. The van der Waals surface area contributed by atoms with Crippen LogP contribution in [0.1, 0.15) is 76.9 Å². The molecule has 0 N–H and O–H groups in total. The minimum atomic E-state index is -0.157. The number of hydrogen-bond acceptors (Lipinski definition) is 6. The zero-order valence-corrected chi connectivity index (χ0v) is 21.3. The molecule has 1 amide bonds. The van der Waals surface area contributed by atoms with E-state index in [-0.39, 0.29) is 23.2 Å². The van der Waals surface area contributed by atoms with Gasteiger partial charge in [-0.1, -0.05) is 26.0 Å². The second-order valence-electron chi connectivity index (χ2n) is 10.5. The van der Waals surface area contributed by atoms with Gasteiger partial charge in [0.05, 0.1) is 23.9 Å². The first-order valence-corrected chi connectivity index (χ1v) is 12.4. The molecule has 1 aliphatic carbocycles. The lowest BCUT2D eigenvalue weighted by atomic mass is 9.75. The number of hydrogen-bond donors (Lipinski definition) is 0. The van der Waals surface area contributed by atoms with Gasteiger partial charge in [0.25, 0.3) is 5.91 Å². The van der Waals surface area contributed by atoms with Crippen LogP contribution in [0.25, 0.3) is 5.82 Å². The molecule has 0 spiro atoms. The molecule has 36 heavy (non-hydrogen) atoms. The topological polar surface area (TPSA) is 86.5 Å². The fourth-order valence-corrected chi connectivity index (χ4v) is 5.12. The molecule has 8 heteroatoms. The van der Waals surface area contributed by atoms with E-state index < -0.39 is 0 Å². The Bertz CT molecular complexity index is 1270. The Labute approximate surface area is 211 Å². The highest BCUT2D eigenvalue weighted by molar-refractivity contribution is 6.00. The number of pyridine rings is 1. The molecule has 0 bridgehead atoms. The van der Waals surface area contributed by atoms with E-state index in [1.807, 2.05) is 24.3 Å². The number of fused-ring (bicyclic) bond motifs is 1. The Morgan fingerprint density at radius 1 is 1.19 bits per heavy atom. The van der Waals surface area contributed by atoms with Crippen molar-refractivity contribution in [2.75, 3.05) is 20.8 Å². The van der Waals surface area contributed by atoms with Gasteiger partial charge in [0.15, 0.2) is 11.6 Å². The molecular formula is C28H32N4O4.